The first-order valence-electron chi connectivity index (χ1n) is 14.8. The van der Waals surface area contributed by atoms with Crippen LogP contribution in [0.4, 0.5) is 0 Å². The van der Waals surface area contributed by atoms with E-state index in [0.29, 0.717) is 0 Å². The highest BCUT2D eigenvalue weighted by Gasteiger charge is 2.16. The summed E-state index contributed by atoms with van der Waals surface area (Å²) < 4.78 is 0. The second-order valence-electron chi connectivity index (χ2n) is 12.1. The molecule has 0 aromatic heterocycles. The molecule has 0 aliphatic heterocycles. The van der Waals surface area contributed by atoms with E-state index in [1.165, 1.54) is 108 Å². The summed E-state index contributed by atoms with van der Waals surface area (Å²) >= 11 is 0. The Hall–Kier alpha value is -5.46. The number of fused-ring (bicyclic) bond motifs is 8. The minimum Gasteiger partial charge on any atom is -0.0610 e. The van der Waals surface area contributed by atoms with Gasteiger partial charge >= 0.3 is 0 Å². The first-order valence-corrected chi connectivity index (χ1v) is 14.8. The van der Waals surface area contributed by atoms with Crippen molar-refractivity contribution in [3.05, 3.63) is 133 Å². The lowest BCUT2D eigenvalue weighted by Crippen LogP contribution is -1.89. The average molecular weight is 527 g/mol. The molecule has 0 bridgehead atoms. The quantitative estimate of drug-likeness (QED) is 0.136. The number of rotatable bonds is 0. The Balaban J connectivity index is 1.32. The standard InChI is InChI=1S/C42H22/c1-3-23-7-11-31-19-29-13-9-27-22-36-28(21-35(27)39(29)33-17-15-25(5-1)37(23)41(31)33)10-14-30-20-32-12-8-24-4-2-6-26-16-18-34(40(30)36)42(32)38(24)26/h1-22H. The van der Waals surface area contributed by atoms with Crippen LogP contribution in [0, 0.1) is 0 Å². The van der Waals surface area contributed by atoms with Crippen LogP contribution in [0.15, 0.2) is 133 Å². The number of hydrogen-bond donors (Lipinski definition) is 0. The molecule has 42 heavy (non-hydrogen) atoms. The summed E-state index contributed by atoms with van der Waals surface area (Å²) in [5.74, 6) is 0. The van der Waals surface area contributed by atoms with E-state index in [-0.39, 0.29) is 0 Å². The molecule has 0 atom stereocenters. The second kappa shape index (κ2) is 7.24. The normalized spacial score (nSPS) is 12.8. The van der Waals surface area contributed by atoms with Gasteiger partial charge in [-0.25, -0.2) is 0 Å². The van der Waals surface area contributed by atoms with Gasteiger partial charge in [0.25, 0.3) is 0 Å². The largest absolute Gasteiger partial charge is 0.0610 e. The summed E-state index contributed by atoms with van der Waals surface area (Å²) in [5, 5.41) is 26.7. The van der Waals surface area contributed by atoms with Crippen LogP contribution < -0.4 is 0 Å². The molecule has 0 saturated carbocycles. The number of hydrogen-bond acceptors (Lipinski definition) is 0. The topological polar surface area (TPSA) is 0 Å². The van der Waals surface area contributed by atoms with Gasteiger partial charge in [0.05, 0.1) is 0 Å². The van der Waals surface area contributed by atoms with Crippen LogP contribution in [-0.4, -0.2) is 0 Å². The van der Waals surface area contributed by atoms with E-state index in [4.69, 9.17) is 0 Å². The molecule has 0 fully saturated rings. The van der Waals surface area contributed by atoms with Gasteiger partial charge in [-0.05, 0) is 132 Å². The van der Waals surface area contributed by atoms with Crippen molar-refractivity contribution in [1.82, 2.24) is 0 Å². The highest BCUT2D eigenvalue weighted by atomic mass is 14.2. The lowest BCUT2D eigenvalue weighted by Gasteiger charge is -2.16. The Bertz CT molecular complexity index is 2710. The zero-order chi connectivity index (χ0) is 27.1. The summed E-state index contributed by atoms with van der Waals surface area (Å²) in [7, 11) is 0. The van der Waals surface area contributed by atoms with Gasteiger partial charge in [-0.1, -0.05) is 109 Å². The molecular formula is C42H22. The highest BCUT2D eigenvalue weighted by molar-refractivity contribution is 6.36. The van der Waals surface area contributed by atoms with Crippen molar-refractivity contribution in [2.75, 3.05) is 0 Å². The Labute approximate surface area is 240 Å². The molecule has 0 radical (unpaired) electrons. The van der Waals surface area contributed by atoms with Crippen molar-refractivity contribution in [2.45, 2.75) is 0 Å². The third-order valence-corrected chi connectivity index (χ3v) is 10.0. The maximum absolute atomic E-state index is 2.45. The van der Waals surface area contributed by atoms with Crippen LogP contribution in [-0.2, 0) is 0 Å². The molecule has 0 aliphatic carbocycles. The predicted octanol–water partition coefficient (Wildman–Crippen LogP) is 12.1. The smallest absolute Gasteiger partial charge is 0.00201 e. The van der Waals surface area contributed by atoms with Gasteiger partial charge in [0.1, 0.15) is 0 Å². The molecule has 11 aromatic rings. The van der Waals surface area contributed by atoms with Crippen LogP contribution in [0.2, 0.25) is 0 Å². The van der Waals surface area contributed by atoms with Crippen molar-refractivity contribution in [3.8, 4) is 0 Å². The molecule has 0 nitrogen and oxygen atoms in total. The molecule has 0 heterocycles. The monoisotopic (exact) mass is 526 g/mol. The van der Waals surface area contributed by atoms with Gasteiger partial charge in [-0.2, -0.15) is 0 Å². The van der Waals surface area contributed by atoms with E-state index in [0.717, 1.165) is 0 Å². The van der Waals surface area contributed by atoms with Crippen LogP contribution in [0.5, 0.6) is 0 Å². The Morgan fingerprint density at radius 2 is 0.524 bits per heavy atom. The predicted molar refractivity (Wildman–Crippen MR) is 184 cm³/mol. The van der Waals surface area contributed by atoms with Crippen molar-refractivity contribution < 1.29 is 0 Å². The third kappa shape index (κ3) is 2.51. The first kappa shape index (κ1) is 21.3. The van der Waals surface area contributed by atoms with Crippen molar-refractivity contribution in [2.24, 2.45) is 0 Å². The molecular weight excluding hydrogens is 504 g/mol. The van der Waals surface area contributed by atoms with E-state index in [2.05, 4.69) is 133 Å². The van der Waals surface area contributed by atoms with Crippen LogP contribution in [0.25, 0.3) is 108 Å². The molecule has 0 heteroatoms. The fourth-order valence-electron chi connectivity index (χ4n) is 8.23. The summed E-state index contributed by atoms with van der Waals surface area (Å²) in [6.07, 6.45) is 0. The fourth-order valence-corrected chi connectivity index (χ4v) is 8.23. The Morgan fingerprint density at radius 1 is 0.190 bits per heavy atom. The van der Waals surface area contributed by atoms with Gasteiger partial charge < -0.3 is 0 Å². The third-order valence-electron chi connectivity index (χ3n) is 10.0. The van der Waals surface area contributed by atoms with Gasteiger partial charge in [0.2, 0.25) is 0 Å². The number of benzene rings is 11. The highest BCUT2D eigenvalue weighted by Crippen LogP contribution is 2.44. The molecule has 11 rings (SSSR count). The maximum atomic E-state index is 2.45. The van der Waals surface area contributed by atoms with E-state index >= 15 is 0 Å². The van der Waals surface area contributed by atoms with Crippen molar-refractivity contribution in [3.63, 3.8) is 0 Å². The minimum atomic E-state index is 1.29. The fraction of sp³-hybridized carbons (Fsp3) is 0. The second-order valence-corrected chi connectivity index (χ2v) is 12.1. The van der Waals surface area contributed by atoms with E-state index in [9.17, 15) is 0 Å². The van der Waals surface area contributed by atoms with Gasteiger partial charge in [-0.15, -0.1) is 0 Å². The molecule has 0 aliphatic rings. The molecule has 11 aromatic carbocycles. The zero-order valence-corrected chi connectivity index (χ0v) is 22.7. The SMILES string of the molecule is c1cc2ccc3cc4ccc5cc6c(ccc7cc8ccc9cccc%10ccc(c76)c8c9%10)cc5c4c4ccc(c1)c2c34. The van der Waals surface area contributed by atoms with Gasteiger partial charge in [-0.3, -0.25) is 0 Å². The average Bonchev–Trinajstić information content (AvgIpc) is 3.04. The van der Waals surface area contributed by atoms with E-state index < -0.39 is 0 Å². The summed E-state index contributed by atoms with van der Waals surface area (Å²) in [6.45, 7) is 0. The molecule has 0 N–H and O–H groups in total. The summed E-state index contributed by atoms with van der Waals surface area (Å²) in [5.41, 5.74) is 0. The molecule has 190 valence electrons. The van der Waals surface area contributed by atoms with Gasteiger partial charge in [0.15, 0.2) is 0 Å². The van der Waals surface area contributed by atoms with Crippen molar-refractivity contribution >= 4 is 108 Å². The zero-order valence-electron chi connectivity index (χ0n) is 22.7. The minimum absolute atomic E-state index is 1.29. The Kier molecular flexibility index (Phi) is 3.67. The molecule has 0 spiro atoms. The lowest BCUT2D eigenvalue weighted by atomic mass is 9.87. The van der Waals surface area contributed by atoms with Crippen LogP contribution in [0.3, 0.4) is 0 Å². The molecule has 0 saturated heterocycles. The first-order chi connectivity index (χ1) is 20.8. The molecule has 0 unspecified atom stereocenters. The van der Waals surface area contributed by atoms with Crippen LogP contribution >= 0.6 is 0 Å². The maximum Gasteiger partial charge on any atom is -0.00201 e. The van der Waals surface area contributed by atoms with Crippen LogP contribution in [0.1, 0.15) is 0 Å². The summed E-state index contributed by atoms with van der Waals surface area (Å²) in [6, 6.07) is 50.7. The van der Waals surface area contributed by atoms with Gasteiger partial charge in [0, 0.05) is 0 Å². The Morgan fingerprint density at radius 3 is 0.952 bits per heavy atom. The summed E-state index contributed by atoms with van der Waals surface area (Å²) in [4.78, 5) is 0. The molecule has 0 amide bonds. The van der Waals surface area contributed by atoms with E-state index in [1.54, 1.807) is 0 Å². The van der Waals surface area contributed by atoms with Crippen molar-refractivity contribution in [1.29, 1.82) is 0 Å². The van der Waals surface area contributed by atoms with E-state index in [1.807, 2.05) is 0 Å². The lowest BCUT2D eigenvalue weighted by molar-refractivity contribution is 1.80.